The lowest BCUT2D eigenvalue weighted by molar-refractivity contribution is -0.132. The van der Waals surface area contributed by atoms with Gasteiger partial charge in [0.05, 0.1) is 11.8 Å². The van der Waals surface area contributed by atoms with Gasteiger partial charge in [0, 0.05) is 24.2 Å². The number of hydrogen-bond donors (Lipinski definition) is 1. The van der Waals surface area contributed by atoms with Crippen molar-refractivity contribution in [3.05, 3.63) is 65.7 Å². The Morgan fingerprint density at radius 1 is 1.16 bits per heavy atom. The summed E-state index contributed by atoms with van der Waals surface area (Å²) >= 11 is 7.10. The van der Waals surface area contributed by atoms with Crippen LogP contribution >= 0.6 is 24.0 Å². The van der Waals surface area contributed by atoms with Crippen molar-refractivity contribution < 1.29 is 4.74 Å². The summed E-state index contributed by atoms with van der Waals surface area (Å²) in [7, 11) is 0. The number of thioether (sulfide) groups is 1. The molecule has 0 amide bonds. The molecular weight excluding hydrogens is 350 g/mol. The van der Waals surface area contributed by atoms with Gasteiger partial charge in [-0.1, -0.05) is 72.5 Å². The van der Waals surface area contributed by atoms with E-state index in [2.05, 4.69) is 46.7 Å². The Hall–Kier alpha value is -2.05. The Morgan fingerprint density at radius 2 is 1.96 bits per heavy atom. The summed E-state index contributed by atoms with van der Waals surface area (Å²) in [6.07, 6.45) is 1.70. The minimum Gasteiger partial charge on any atom is -0.448 e. The Morgan fingerprint density at radius 3 is 2.80 bits per heavy atom. The lowest BCUT2D eigenvalue weighted by Gasteiger charge is -2.49. The van der Waals surface area contributed by atoms with E-state index in [4.69, 9.17) is 22.1 Å². The number of benzene rings is 2. The molecule has 3 heterocycles. The molecular formula is C19H17N3OS2. The van der Waals surface area contributed by atoms with E-state index < -0.39 is 5.85 Å². The maximum atomic E-state index is 6.44. The standard InChI is InChI=1S/C19H17N3OS2/c24-18-20-19(10-11-25-18)22-16(14-8-4-5-9-17(14)23-19)12-15(21-22)13-6-2-1-3-7-13/h1-9,16H,10-12H2,(H,20,24)/t16-,19+/m0/s1. The highest BCUT2D eigenvalue weighted by atomic mass is 32.2. The number of para-hydroxylation sites is 1. The first-order valence-corrected chi connectivity index (χ1v) is 9.80. The van der Waals surface area contributed by atoms with E-state index in [1.165, 1.54) is 5.56 Å². The number of fused-ring (bicyclic) bond motifs is 4. The van der Waals surface area contributed by atoms with Crippen molar-refractivity contribution in [1.82, 2.24) is 10.3 Å². The van der Waals surface area contributed by atoms with Crippen LogP contribution in [0.4, 0.5) is 0 Å². The number of ether oxygens (including phenoxy) is 1. The number of hydrazone groups is 1. The Balaban J connectivity index is 1.62. The molecule has 2 aromatic carbocycles. The van der Waals surface area contributed by atoms with E-state index >= 15 is 0 Å². The van der Waals surface area contributed by atoms with Crippen LogP contribution in [0.1, 0.15) is 30.0 Å². The molecule has 0 saturated carbocycles. The minimum atomic E-state index is -0.683. The second-order valence-corrected chi connectivity index (χ2v) is 8.18. The van der Waals surface area contributed by atoms with E-state index in [0.29, 0.717) is 0 Å². The Bertz CT molecular complexity index is 870. The summed E-state index contributed by atoms with van der Waals surface area (Å²) in [6, 6.07) is 18.8. The molecule has 0 aliphatic carbocycles. The smallest absolute Gasteiger partial charge is 0.278 e. The normalized spacial score (nSPS) is 27.2. The van der Waals surface area contributed by atoms with Crippen LogP contribution in [0, 0.1) is 0 Å². The van der Waals surface area contributed by atoms with Crippen molar-refractivity contribution in [2.75, 3.05) is 5.75 Å². The van der Waals surface area contributed by atoms with Crippen LogP contribution in [0.2, 0.25) is 0 Å². The molecule has 1 spiro atoms. The van der Waals surface area contributed by atoms with E-state index in [1.54, 1.807) is 11.8 Å². The fourth-order valence-corrected chi connectivity index (χ4v) is 4.96. The SMILES string of the molecule is S=C1N[C@@]2(CCS1)Oc1ccccc1[C@@H]1CC(c3ccccc3)=NN12. The third-order valence-corrected chi connectivity index (χ3v) is 6.14. The maximum Gasteiger partial charge on any atom is 0.278 e. The second kappa shape index (κ2) is 5.75. The van der Waals surface area contributed by atoms with Crippen LogP contribution in [-0.4, -0.2) is 26.6 Å². The van der Waals surface area contributed by atoms with Crippen LogP contribution < -0.4 is 10.1 Å². The van der Waals surface area contributed by atoms with Crippen molar-refractivity contribution in [3.8, 4) is 5.75 Å². The van der Waals surface area contributed by atoms with E-state index in [9.17, 15) is 0 Å². The quantitative estimate of drug-likeness (QED) is 0.774. The molecule has 3 aliphatic heterocycles. The number of rotatable bonds is 1. The molecule has 126 valence electrons. The first-order valence-electron chi connectivity index (χ1n) is 8.40. The molecule has 25 heavy (non-hydrogen) atoms. The highest BCUT2D eigenvalue weighted by Gasteiger charge is 2.52. The van der Waals surface area contributed by atoms with E-state index in [-0.39, 0.29) is 6.04 Å². The minimum absolute atomic E-state index is 0.165. The summed E-state index contributed by atoms with van der Waals surface area (Å²) in [4.78, 5) is 0. The van der Waals surface area contributed by atoms with Gasteiger partial charge in [-0.2, -0.15) is 5.10 Å². The Kier molecular flexibility index (Phi) is 3.50. The third kappa shape index (κ3) is 2.43. The molecule has 0 bridgehead atoms. The van der Waals surface area contributed by atoms with Crippen molar-refractivity contribution in [2.45, 2.75) is 24.7 Å². The molecule has 0 radical (unpaired) electrons. The zero-order valence-corrected chi connectivity index (χ0v) is 15.1. The van der Waals surface area contributed by atoms with Crippen LogP contribution in [0.3, 0.4) is 0 Å². The molecule has 1 saturated heterocycles. The van der Waals surface area contributed by atoms with Crippen LogP contribution in [0.15, 0.2) is 59.7 Å². The number of hydrogen-bond acceptors (Lipinski definition) is 5. The summed E-state index contributed by atoms with van der Waals surface area (Å²) < 4.78 is 7.21. The van der Waals surface area contributed by atoms with E-state index in [0.717, 1.165) is 39.9 Å². The molecule has 1 fully saturated rings. The fraction of sp³-hybridized carbons (Fsp3) is 0.263. The number of nitrogens with zero attached hydrogens (tertiary/aromatic N) is 2. The molecule has 4 nitrogen and oxygen atoms in total. The second-order valence-electron chi connectivity index (χ2n) is 6.41. The average molecular weight is 367 g/mol. The van der Waals surface area contributed by atoms with Gasteiger partial charge in [-0.05, 0) is 11.6 Å². The number of thiocarbonyl (C=S) groups is 1. The van der Waals surface area contributed by atoms with Crippen LogP contribution in [0.5, 0.6) is 5.75 Å². The van der Waals surface area contributed by atoms with Gasteiger partial charge in [0.1, 0.15) is 10.1 Å². The van der Waals surface area contributed by atoms with Gasteiger partial charge >= 0.3 is 0 Å². The third-order valence-electron chi connectivity index (χ3n) is 4.92. The van der Waals surface area contributed by atoms with Gasteiger partial charge in [-0.25, -0.2) is 5.01 Å². The first kappa shape index (κ1) is 15.2. The largest absolute Gasteiger partial charge is 0.448 e. The lowest BCUT2D eigenvalue weighted by Crippen LogP contribution is -2.65. The van der Waals surface area contributed by atoms with Gasteiger partial charge in [0.25, 0.3) is 5.85 Å². The van der Waals surface area contributed by atoms with Crippen LogP contribution in [-0.2, 0) is 0 Å². The molecule has 1 N–H and O–H groups in total. The highest BCUT2D eigenvalue weighted by molar-refractivity contribution is 8.23. The van der Waals surface area contributed by atoms with Crippen molar-refractivity contribution >= 4 is 34.0 Å². The summed E-state index contributed by atoms with van der Waals surface area (Å²) in [6.45, 7) is 0. The monoisotopic (exact) mass is 367 g/mol. The van der Waals surface area contributed by atoms with Gasteiger partial charge < -0.3 is 10.1 Å². The first-order chi connectivity index (χ1) is 12.3. The van der Waals surface area contributed by atoms with Crippen molar-refractivity contribution in [2.24, 2.45) is 5.10 Å². The van der Waals surface area contributed by atoms with Crippen molar-refractivity contribution in [1.29, 1.82) is 0 Å². The maximum absolute atomic E-state index is 6.44. The predicted molar refractivity (Wildman–Crippen MR) is 105 cm³/mol. The van der Waals surface area contributed by atoms with Gasteiger partial charge in [-0.15, -0.1) is 0 Å². The molecule has 2 aromatic rings. The van der Waals surface area contributed by atoms with Crippen LogP contribution in [0.25, 0.3) is 0 Å². The molecule has 6 heteroatoms. The lowest BCUT2D eigenvalue weighted by atomic mass is 9.95. The number of nitrogens with one attached hydrogen (secondary N) is 1. The van der Waals surface area contributed by atoms with E-state index in [1.807, 2.05) is 18.2 Å². The van der Waals surface area contributed by atoms with Gasteiger partial charge in [0.15, 0.2) is 0 Å². The van der Waals surface area contributed by atoms with Gasteiger partial charge in [0.2, 0.25) is 0 Å². The van der Waals surface area contributed by atoms with Gasteiger partial charge in [-0.3, -0.25) is 0 Å². The summed E-state index contributed by atoms with van der Waals surface area (Å²) in [5.74, 6) is 1.17. The topological polar surface area (TPSA) is 36.9 Å². The molecule has 0 aromatic heterocycles. The zero-order chi connectivity index (χ0) is 16.9. The average Bonchev–Trinajstić information content (AvgIpc) is 3.09. The summed E-state index contributed by atoms with van der Waals surface area (Å²) in [5.41, 5.74) is 3.45. The molecule has 3 aliphatic rings. The predicted octanol–water partition coefficient (Wildman–Crippen LogP) is 3.90. The Labute approximate surface area is 156 Å². The fourth-order valence-electron chi connectivity index (χ4n) is 3.76. The molecule has 5 rings (SSSR count). The summed E-state index contributed by atoms with van der Waals surface area (Å²) in [5, 5.41) is 10.5. The zero-order valence-electron chi connectivity index (χ0n) is 13.5. The molecule has 0 unspecified atom stereocenters. The van der Waals surface area contributed by atoms with Crippen molar-refractivity contribution in [3.63, 3.8) is 0 Å². The highest BCUT2D eigenvalue weighted by Crippen LogP contribution is 2.48. The molecule has 2 atom stereocenters.